The van der Waals surface area contributed by atoms with E-state index in [-0.39, 0.29) is 6.10 Å². The number of para-hydroxylation sites is 1. The van der Waals surface area contributed by atoms with Crippen molar-refractivity contribution >= 4 is 0 Å². The van der Waals surface area contributed by atoms with Crippen molar-refractivity contribution in [2.75, 3.05) is 20.3 Å². The Morgan fingerprint density at radius 1 is 1.30 bits per heavy atom. The molecule has 0 aliphatic carbocycles. The Balaban J connectivity index is 2.05. The van der Waals surface area contributed by atoms with E-state index in [2.05, 4.69) is 4.98 Å². The summed E-state index contributed by atoms with van der Waals surface area (Å²) in [5.74, 6) is 1.97. The molecule has 2 heterocycles. The summed E-state index contributed by atoms with van der Waals surface area (Å²) in [6.45, 7) is 0.887. The molecule has 2 N–H and O–H groups in total. The van der Waals surface area contributed by atoms with Crippen LogP contribution in [0.3, 0.4) is 0 Å². The van der Waals surface area contributed by atoms with E-state index in [1.54, 1.807) is 13.2 Å². The van der Waals surface area contributed by atoms with Gasteiger partial charge in [0.2, 0.25) is 5.88 Å². The van der Waals surface area contributed by atoms with Gasteiger partial charge in [-0.05, 0) is 18.2 Å². The maximum atomic E-state index is 5.91. The number of nitrogens with zero attached hydrogens (tertiary/aromatic N) is 1. The van der Waals surface area contributed by atoms with Gasteiger partial charge in [-0.2, -0.15) is 0 Å². The molecule has 0 fully saturated rings. The van der Waals surface area contributed by atoms with Crippen LogP contribution in [0.1, 0.15) is 0 Å². The quantitative estimate of drug-likeness (QED) is 0.923. The first-order valence-corrected chi connectivity index (χ1v) is 6.45. The van der Waals surface area contributed by atoms with Crippen LogP contribution in [0.5, 0.6) is 17.4 Å². The summed E-state index contributed by atoms with van der Waals surface area (Å²) < 4.78 is 16.8. The fourth-order valence-corrected chi connectivity index (χ4v) is 2.13. The maximum absolute atomic E-state index is 5.91. The molecule has 1 atom stereocenters. The molecule has 1 aliphatic heterocycles. The Kier molecular flexibility index (Phi) is 3.43. The summed E-state index contributed by atoms with van der Waals surface area (Å²) in [6, 6.07) is 11.4. The first-order valence-electron chi connectivity index (χ1n) is 6.45. The zero-order valence-electron chi connectivity index (χ0n) is 11.2. The summed E-state index contributed by atoms with van der Waals surface area (Å²) in [5.41, 5.74) is 7.31. The van der Waals surface area contributed by atoms with Crippen molar-refractivity contribution in [3.05, 3.63) is 36.4 Å². The van der Waals surface area contributed by atoms with Crippen molar-refractivity contribution in [3.63, 3.8) is 0 Å². The lowest BCUT2D eigenvalue weighted by atomic mass is 10.1. The molecule has 1 aliphatic rings. The number of hydrogen-bond donors (Lipinski definition) is 1. The highest BCUT2D eigenvalue weighted by Gasteiger charge is 2.23. The third-order valence-electron chi connectivity index (χ3n) is 3.16. The second-order valence-electron chi connectivity index (χ2n) is 4.48. The minimum Gasteiger partial charge on any atom is -0.486 e. The Hall–Kier alpha value is -2.27. The number of rotatable bonds is 3. The van der Waals surface area contributed by atoms with Crippen LogP contribution in [0.15, 0.2) is 36.4 Å². The summed E-state index contributed by atoms with van der Waals surface area (Å²) >= 11 is 0. The number of benzene rings is 1. The van der Waals surface area contributed by atoms with Gasteiger partial charge >= 0.3 is 0 Å². The molecule has 0 spiro atoms. The van der Waals surface area contributed by atoms with Crippen LogP contribution in [0.25, 0.3) is 11.3 Å². The van der Waals surface area contributed by atoms with E-state index in [0.29, 0.717) is 24.8 Å². The lowest BCUT2D eigenvalue weighted by Crippen LogP contribution is -2.35. The van der Waals surface area contributed by atoms with Crippen LogP contribution >= 0.6 is 0 Å². The van der Waals surface area contributed by atoms with Gasteiger partial charge in [0.1, 0.15) is 12.7 Å². The van der Waals surface area contributed by atoms with E-state index in [1.807, 2.05) is 30.3 Å². The van der Waals surface area contributed by atoms with Gasteiger partial charge in [0.15, 0.2) is 11.5 Å². The van der Waals surface area contributed by atoms with E-state index in [0.717, 1.165) is 17.0 Å². The van der Waals surface area contributed by atoms with Gasteiger partial charge in [0.25, 0.3) is 0 Å². The molecule has 5 heteroatoms. The predicted molar refractivity (Wildman–Crippen MR) is 75.2 cm³/mol. The number of hydrogen-bond acceptors (Lipinski definition) is 5. The van der Waals surface area contributed by atoms with Crippen molar-refractivity contribution in [2.24, 2.45) is 5.73 Å². The molecule has 1 aromatic heterocycles. The largest absolute Gasteiger partial charge is 0.486 e. The van der Waals surface area contributed by atoms with Crippen molar-refractivity contribution in [2.45, 2.75) is 6.10 Å². The monoisotopic (exact) mass is 272 g/mol. The first-order chi connectivity index (χ1) is 9.81. The van der Waals surface area contributed by atoms with E-state index in [4.69, 9.17) is 19.9 Å². The van der Waals surface area contributed by atoms with Crippen LogP contribution in [0.2, 0.25) is 0 Å². The highest BCUT2D eigenvalue weighted by Crippen LogP contribution is 2.40. The van der Waals surface area contributed by atoms with Crippen LogP contribution in [-0.2, 0) is 0 Å². The molecule has 0 saturated heterocycles. The molecule has 2 aromatic rings. The SMILES string of the molecule is COc1cccc(-c2cccc3c2OC(CN)CO3)n1. The van der Waals surface area contributed by atoms with Crippen molar-refractivity contribution in [1.29, 1.82) is 0 Å². The first kappa shape index (κ1) is 12.7. The zero-order valence-corrected chi connectivity index (χ0v) is 11.2. The third-order valence-corrected chi connectivity index (χ3v) is 3.16. The van der Waals surface area contributed by atoms with Crippen LogP contribution in [-0.4, -0.2) is 31.3 Å². The molecule has 0 saturated carbocycles. The molecule has 20 heavy (non-hydrogen) atoms. The van der Waals surface area contributed by atoms with Crippen molar-refractivity contribution in [1.82, 2.24) is 4.98 Å². The molecule has 0 bridgehead atoms. The summed E-state index contributed by atoms with van der Waals surface area (Å²) in [5, 5.41) is 0. The Labute approximate surface area is 117 Å². The summed E-state index contributed by atoms with van der Waals surface area (Å²) in [6.07, 6.45) is -0.130. The molecule has 0 radical (unpaired) electrons. The molecule has 1 unspecified atom stereocenters. The molecular weight excluding hydrogens is 256 g/mol. The van der Waals surface area contributed by atoms with Gasteiger partial charge < -0.3 is 19.9 Å². The smallest absolute Gasteiger partial charge is 0.213 e. The highest BCUT2D eigenvalue weighted by atomic mass is 16.6. The standard InChI is InChI=1S/C15H16N2O3/c1-18-14-7-3-5-12(17-14)11-4-2-6-13-15(11)20-10(8-16)9-19-13/h2-7,10H,8-9,16H2,1H3. The molecule has 104 valence electrons. The third kappa shape index (κ3) is 2.28. The fourth-order valence-electron chi connectivity index (χ4n) is 2.13. The van der Waals surface area contributed by atoms with E-state index in [1.165, 1.54) is 0 Å². The lowest BCUT2D eigenvalue weighted by molar-refractivity contribution is 0.0976. The van der Waals surface area contributed by atoms with Crippen LogP contribution < -0.4 is 19.9 Å². The molecule has 5 nitrogen and oxygen atoms in total. The van der Waals surface area contributed by atoms with Crippen LogP contribution in [0.4, 0.5) is 0 Å². The molecule has 0 amide bonds. The average molecular weight is 272 g/mol. The van der Waals surface area contributed by atoms with E-state index < -0.39 is 0 Å². The predicted octanol–water partition coefficient (Wildman–Crippen LogP) is 1.86. The minimum absolute atomic E-state index is 0.130. The van der Waals surface area contributed by atoms with Crippen molar-refractivity contribution in [3.8, 4) is 28.6 Å². The Morgan fingerprint density at radius 3 is 2.95 bits per heavy atom. The number of aromatic nitrogens is 1. The Morgan fingerprint density at radius 2 is 2.15 bits per heavy atom. The van der Waals surface area contributed by atoms with Gasteiger partial charge in [-0.25, -0.2) is 4.98 Å². The number of methoxy groups -OCH3 is 1. The topological polar surface area (TPSA) is 66.6 Å². The fraction of sp³-hybridized carbons (Fsp3) is 0.267. The molecule has 1 aromatic carbocycles. The highest BCUT2D eigenvalue weighted by molar-refractivity contribution is 5.71. The lowest BCUT2D eigenvalue weighted by Gasteiger charge is -2.27. The second kappa shape index (κ2) is 5.38. The van der Waals surface area contributed by atoms with Gasteiger partial charge in [-0.15, -0.1) is 0 Å². The maximum Gasteiger partial charge on any atom is 0.213 e. The average Bonchev–Trinajstić information content (AvgIpc) is 2.53. The van der Waals surface area contributed by atoms with E-state index in [9.17, 15) is 0 Å². The number of nitrogens with two attached hydrogens (primary N) is 1. The van der Waals surface area contributed by atoms with Gasteiger partial charge in [-0.1, -0.05) is 12.1 Å². The minimum atomic E-state index is -0.130. The zero-order chi connectivity index (χ0) is 13.9. The normalized spacial score (nSPS) is 16.8. The van der Waals surface area contributed by atoms with Gasteiger partial charge in [-0.3, -0.25) is 0 Å². The van der Waals surface area contributed by atoms with Gasteiger partial charge in [0.05, 0.1) is 12.8 Å². The summed E-state index contributed by atoms with van der Waals surface area (Å²) in [4.78, 5) is 4.43. The van der Waals surface area contributed by atoms with Gasteiger partial charge in [0, 0.05) is 18.2 Å². The van der Waals surface area contributed by atoms with E-state index >= 15 is 0 Å². The van der Waals surface area contributed by atoms with Crippen molar-refractivity contribution < 1.29 is 14.2 Å². The molecule has 3 rings (SSSR count). The molecular formula is C15H16N2O3. The second-order valence-corrected chi connectivity index (χ2v) is 4.48. The number of ether oxygens (including phenoxy) is 3. The Bertz CT molecular complexity index is 616. The van der Waals surface area contributed by atoms with Crippen LogP contribution in [0, 0.1) is 0 Å². The summed E-state index contributed by atoms with van der Waals surface area (Å²) in [7, 11) is 1.59. The number of fused-ring (bicyclic) bond motifs is 1. The number of pyridine rings is 1.